The van der Waals surface area contributed by atoms with Gasteiger partial charge in [0.2, 0.25) is 5.78 Å². The number of aromatic amines is 1. The molecule has 0 unspecified atom stereocenters. The number of rotatable bonds is 6. The number of aryl methyl sites for hydroxylation is 2. The maximum absolute atomic E-state index is 12.4. The number of hydrogen-bond donors (Lipinski definition) is 1. The molecule has 29 heavy (non-hydrogen) atoms. The van der Waals surface area contributed by atoms with Gasteiger partial charge in [-0.1, -0.05) is 18.2 Å². The van der Waals surface area contributed by atoms with Crippen LogP contribution >= 0.6 is 0 Å². The first-order valence-electron chi connectivity index (χ1n) is 9.04. The second kappa shape index (κ2) is 7.83. The number of nitrogens with zero attached hydrogens (tertiary/aromatic N) is 2. The number of ether oxygens (including phenoxy) is 1. The maximum atomic E-state index is 12.4. The van der Waals surface area contributed by atoms with Crippen LogP contribution in [0, 0.1) is 13.8 Å². The monoisotopic (exact) mass is 395 g/mol. The highest BCUT2D eigenvalue weighted by molar-refractivity contribution is 6.04. The van der Waals surface area contributed by atoms with Gasteiger partial charge in [0.05, 0.1) is 23.2 Å². The van der Waals surface area contributed by atoms with Crippen molar-refractivity contribution in [3.8, 4) is 0 Å². The van der Waals surface area contributed by atoms with Crippen molar-refractivity contribution in [3.63, 3.8) is 0 Å². The smallest absolute Gasteiger partial charge is 0.312 e. The van der Waals surface area contributed by atoms with Crippen molar-refractivity contribution in [2.45, 2.75) is 27.2 Å². The van der Waals surface area contributed by atoms with Gasteiger partial charge in [-0.05, 0) is 32.4 Å². The van der Waals surface area contributed by atoms with Crippen molar-refractivity contribution < 1.29 is 19.1 Å². The summed E-state index contributed by atoms with van der Waals surface area (Å²) in [7, 11) is 1.51. The number of carbonyl (C=O) groups is 3. The summed E-state index contributed by atoms with van der Waals surface area (Å²) in [6.07, 6.45) is -0.177. The quantitative estimate of drug-likeness (QED) is 0.505. The van der Waals surface area contributed by atoms with Crippen LogP contribution in [-0.2, 0) is 23.0 Å². The fourth-order valence-electron chi connectivity index (χ4n) is 3.47. The Morgan fingerprint density at radius 3 is 2.41 bits per heavy atom. The van der Waals surface area contributed by atoms with Crippen molar-refractivity contribution in [3.05, 3.63) is 62.8 Å². The third-order valence-electron chi connectivity index (χ3n) is 4.78. The van der Waals surface area contributed by atoms with Crippen molar-refractivity contribution in [2.24, 2.45) is 7.05 Å². The van der Waals surface area contributed by atoms with Crippen LogP contribution in [0.4, 0.5) is 0 Å². The largest absolute Gasteiger partial charge is 0.457 e. The molecule has 0 radical (unpaired) electrons. The first kappa shape index (κ1) is 20.2. The Balaban J connectivity index is 1.75. The van der Waals surface area contributed by atoms with Crippen LogP contribution in [0.5, 0.6) is 0 Å². The number of fused-ring (bicyclic) bond motifs is 1. The number of Topliss-reactive ketones (excluding diaryl/α,β-unsaturated/α-hetero) is 2. The molecule has 2 aromatic heterocycles. The van der Waals surface area contributed by atoms with E-state index in [0.717, 1.165) is 0 Å². The van der Waals surface area contributed by atoms with Crippen LogP contribution in [0.15, 0.2) is 29.1 Å². The molecule has 8 heteroatoms. The Morgan fingerprint density at radius 2 is 1.79 bits per heavy atom. The summed E-state index contributed by atoms with van der Waals surface area (Å²) in [6.45, 7) is 4.36. The normalized spacial score (nSPS) is 10.9. The summed E-state index contributed by atoms with van der Waals surface area (Å²) in [5.41, 5.74) is 2.01. The molecule has 1 N–H and O–H groups in total. The van der Waals surface area contributed by atoms with Gasteiger partial charge in [-0.15, -0.1) is 0 Å². The highest BCUT2D eigenvalue weighted by Crippen LogP contribution is 2.19. The van der Waals surface area contributed by atoms with Gasteiger partial charge >= 0.3 is 5.97 Å². The molecule has 0 aliphatic heterocycles. The number of aromatic nitrogens is 3. The van der Waals surface area contributed by atoms with Crippen LogP contribution in [0.2, 0.25) is 0 Å². The predicted molar refractivity (Wildman–Crippen MR) is 106 cm³/mol. The molecule has 150 valence electrons. The van der Waals surface area contributed by atoms with E-state index in [-0.39, 0.29) is 23.5 Å². The SMILES string of the molecule is CC(=O)c1c(C)[nH]c(C(=O)COC(=O)Cc2nn(C)c(=O)c3ccccc23)c1C. The molecule has 0 atom stereocenters. The summed E-state index contributed by atoms with van der Waals surface area (Å²) in [5, 5.41) is 5.18. The molecule has 0 fully saturated rings. The molecule has 0 saturated carbocycles. The molecule has 3 rings (SSSR count). The minimum Gasteiger partial charge on any atom is -0.457 e. The molecule has 8 nitrogen and oxygen atoms in total. The van der Waals surface area contributed by atoms with E-state index in [1.165, 1.54) is 18.7 Å². The Bertz CT molecular complexity index is 1200. The lowest BCUT2D eigenvalue weighted by Crippen LogP contribution is -2.23. The molecular formula is C21H21N3O5. The zero-order chi connectivity index (χ0) is 21.3. The van der Waals surface area contributed by atoms with Gasteiger partial charge in [-0.2, -0.15) is 5.10 Å². The van der Waals surface area contributed by atoms with Gasteiger partial charge in [-0.25, -0.2) is 4.68 Å². The van der Waals surface area contributed by atoms with Crippen LogP contribution in [0.25, 0.3) is 10.8 Å². The van der Waals surface area contributed by atoms with Crippen LogP contribution in [-0.4, -0.2) is 38.9 Å². The van der Waals surface area contributed by atoms with Crippen molar-refractivity contribution in [1.29, 1.82) is 0 Å². The molecule has 0 aliphatic carbocycles. The van der Waals surface area contributed by atoms with Gasteiger partial charge in [0.25, 0.3) is 5.56 Å². The van der Waals surface area contributed by atoms with E-state index in [4.69, 9.17) is 4.74 Å². The minimum atomic E-state index is -0.637. The topological polar surface area (TPSA) is 111 Å². The lowest BCUT2D eigenvalue weighted by atomic mass is 10.1. The zero-order valence-electron chi connectivity index (χ0n) is 16.7. The lowest BCUT2D eigenvalue weighted by Gasteiger charge is -2.08. The minimum absolute atomic E-state index is 0.139. The van der Waals surface area contributed by atoms with E-state index in [1.54, 1.807) is 38.1 Å². The number of carbonyl (C=O) groups excluding carboxylic acids is 3. The third kappa shape index (κ3) is 3.87. The first-order valence-corrected chi connectivity index (χ1v) is 9.04. The number of esters is 1. The molecule has 0 aliphatic rings. The number of ketones is 2. The van der Waals surface area contributed by atoms with Crippen molar-refractivity contribution in [2.75, 3.05) is 6.61 Å². The third-order valence-corrected chi connectivity index (χ3v) is 4.78. The summed E-state index contributed by atoms with van der Waals surface area (Å²) in [5.74, 6) is -1.20. The fourth-order valence-corrected chi connectivity index (χ4v) is 3.47. The van der Waals surface area contributed by atoms with Gasteiger partial charge < -0.3 is 9.72 Å². The van der Waals surface area contributed by atoms with E-state index in [1.807, 2.05) is 0 Å². The Hall–Kier alpha value is -3.55. The Labute approximate surface area is 166 Å². The Morgan fingerprint density at radius 1 is 1.14 bits per heavy atom. The van der Waals surface area contributed by atoms with Gasteiger partial charge in [-0.3, -0.25) is 19.2 Å². The standard InChI is InChI=1S/C21H21N3O5/c1-11-19(13(3)25)12(2)22-20(11)17(26)10-29-18(27)9-16-14-7-5-6-8-15(14)21(28)24(4)23-16/h5-8,22H,9-10H2,1-4H3. The Kier molecular flexibility index (Phi) is 5.45. The molecule has 0 saturated heterocycles. The van der Waals surface area contributed by atoms with Crippen LogP contribution in [0.1, 0.15) is 44.7 Å². The molecule has 3 aromatic rings. The van der Waals surface area contributed by atoms with Crippen molar-refractivity contribution >= 4 is 28.3 Å². The molecule has 2 heterocycles. The van der Waals surface area contributed by atoms with E-state index in [9.17, 15) is 19.2 Å². The van der Waals surface area contributed by atoms with Gasteiger partial charge in [0.1, 0.15) is 0 Å². The van der Waals surface area contributed by atoms with Gasteiger partial charge in [0.15, 0.2) is 12.4 Å². The van der Waals surface area contributed by atoms with Crippen LogP contribution in [0.3, 0.4) is 0 Å². The van der Waals surface area contributed by atoms with E-state index in [2.05, 4.69) is 10.1 Å². The summed E-state index contributed by atoms with van der Waals surface area (Å²) in [6, 6.07) is 6.87. The highest BCUT2D eigenvalue weighted by Gasteiger charge is 2.21. The number of nitrogens with one attached hydrogen (secondary N) is 1. The highest BCUT2D eigenvalue weighted by atomic mass is 16.5. The number of hydrogen-bond acceptors (Lipinski definition) is 6. The molecule has 0 amide bonds. The van der Waals surface area contributed by atoms with E-state index in [0.29, 0.717) is 33.3 Å². The lowest BCUT2D eigenvalue weighted by molar-refractivity contribution is -0.141. The summed E-state index contributed by atoms with van der Waals surface area (Å²) < 4.78 is 6.30. The molecule has 0 spiro atoms. The number of H-pyrrole nitrogens is 1. The van der Waals surface area contributed by atoms with E-state index >= 15 is 0 Å². The summed E-state index contributed by atoms with van der Waals surface area (Å²) >= 11 is 0. The predicted octanol–water partition coefficient (Wildman–Crippen LogP) is 2.05. The molecule has 0 bridgehead atoms. The van der Waals surface area contributed by atoms with Crippen molar-refractivity contribution in [1.82, 2.24) is 14.8 Å². The average molecular weight is 395 g/mol. The molecular weight excluding hydrogens is 374 g/mol. The number of benzene rings is 1. The first-order chi connectivity index (χ1) is 13.7. The summed E-state index contributed by atoms with van der Waals surface area (Å²) in [4.78, 5) is 51.5. The maximum Gasteiger partial charge on any atom is 0.312 e. The van der Waals surface area contributed by atoms with Gasteiger partial charge in [0, 0.05) is 23.7 Å². The average Bonchev–Trinajstić information content (AvgIpc) is 2.98. The van der Waals surface area contributed by atoms with Crippen LogP contribution < -0.4 is 5.56 Å². The second-order valence-electron chi connectivity index (χ2n) is 6.86. The zero-order valence-corrected chi connectivity index (χ0v) is 16.7. The van der Waals surface area contributed by atoms with E-state index < -0.39 is 18.4 Å². The fraction of sp³-hybridized carbons (Fsp3) is 0.286. The second-order valence-corrected chi connectivity index (χ2v) is 6.86. The molecule has 1 aromatic carbocycles.